The van der Waals surface area contributed by atoms with Crippen LogP contribution in [0.1, 0.15) is 38.0 Å². The fourth-order valence-electron chi connectivity index (χ4n) is 1.45. The first-order valence-electron chi connectivity index (χ1n) is 5.89. The average molecular weight is 252 g/mol. The summed E-state index contributed by atoms with van der Waals surface area (Å²) < 4.78 is 5.54. The Morgan fingerprint density at radius 2 is 2.06 bits per heavy atom. The molecule has 1 aromatic carbocycles. The van der Waals surface area contributed by atoms with E-state index in [1.807, 2.05) is 19.1 Å². The maximum absolute atomic E-state index is 11.0. The van der Waals surface area contributed by atoms with E-state index in [2.05, 4.69) is 0 Å². The summed E-state index contributed by atoms with van der Waals surface area (Å²) >= 11 is 0. The molecule has 0 aliphatic heterocycles. The Morgan fingerprint density at radius 3 is 2.56 bits per heavy atom. The minimum absolute atomic E-state index is 0.0606. The summed E-state index contributed by atoms with van der Waals surface area (Å²) in [5.74, 6) is -0.377. The number of aliphatic carboxylic acids is 1. The van der Waals surface area contributed by atoms with Crippen LogP contribution >= 0.6 is 0 Å². The molecule has 0 fully saturated rings. The third kappa shape index (κ3) is 3.47. The van der Waals surface area contributed by atoms with Gasteiger partial charge in [-0.05, 0) is 39.8 Å². The SMILES string of the molecule is Cc1ccc(OCC(C)(C)C(=O)O)c([C@H](C)O)c1. The van der Waals surface area contributed by atoms with E-state index in [0.717, 1.165) is 5.56 Å². The van der Waals surface area contributed by atoms with Crippen molar-refractivity contribution in [1.29, 1.82) is 0 Å². The van der Waals surface area contributed by atoms with E-state index < -0.39 is 17.5 Å². The molecule has 100 valence electrons. The molecular weight excluding hydrogens is 232 g/mol. The predicted octanol–water partition coefficient (Wildman–Crippen LogP) is 2.54. The first kappa shape index (κ1) is 14.5. The molecule has 0 aliphatic rings. The van der Waals surface area contributed by atoms with Crippen molar-refractivity contribution in [3.8, 4) is 5.75 Å². The quantitative estimate of drug-likeness (QED) is 0.845. The molecule has 0 saturated carbocycles. The monoisotopic (exact) mass is 252 g/mol. The zero-order valence-corrected chi connectivity index (χ0v) is 11.2. The number of aliphatic hydroxyl groups is 1. The maximum Gasteiger partial charge on any atom is 0.312 e. The normalized spacial score (nSPS) is 13.2. The van der Waals surface area contributed by atoms with Gasteiger partial charge in [0.05, 0.1) is 11.5 Å². The van der Waals surface area contributed by atoms with Gasteiger partial charge >= 0.3 is 5.97 Å². The Kier molecular flexibility index (Phi) is 4.35. The molecule has 1 rings (SSSR count). The summed E-state index contributed by atoms with van der Waals surface area (Å²) in [6, 6.07) is 5.47. The molecule has 1 atom stereocenters. The highest BCUT2D eigenvalue weighted by molar-refractivity contribution is 5.73. The Labute approximate surface area is 107 Å². The standard InChI is InChI=1S/C14H20O4/c1-9-5-6-12(11(7-9)10(2)15)18-8-14(3,4)13(16)17/h5-7,10,15H,8H2,1-4H3,(H,16,17)/t10-/m0/s1. The van der Waals surface area contributed by atoms with Crippen LogP contribution in [0.25, 0.3) is 0 Å². The zero-order chi connectivity index (χ0) is 13.9. The largest absolute Gasteiger partial charge is 0.492 e. The van der Waals surface area contributed by atoms with Gasteiger partial charge in [0.15, 0.2) is 0 Å². The van der Waals surface area contributed by atoms with Gasteiger partial charge in [-0.25, -0.2) is 0 Å². The smallest absolute Gasteiger partial charge is 0.312 e. The van der Waals surface area contributed by atoms with Crippen LogP contribution in [0.4, 0.5) is 0 Å². The van der Waals surface area contributed by atoms with Crippen molar-refractivity contribution in [3.63, 3.8) is 0 Å². The first-order chi connectivity index (χ1) is 8.24. The van der Waals surface area contributed by atoms with Gasteiger partial charge in [-0.15, -0.1) is 0 Å². The van der Waals surface area contributed by atoms with Crippen molar-refractivity contribution in [3.05, 3.63) is 29.3 Å². The Balaban J connectivity index is 2.88. The highest BCUT2D eigenvalue weighted by atomic mass is 16.5. The Hall–Kier alpha value is -1.55. The molecular formula is C14H20O4. The van der Waals surface area contributed by atoms with Crippen LogP contribution in [0.15, 0.2) is 18.2 Å². The van der Waals surface area contributed by atoms with Crippen LogP contribution in [-0.4, -0.2) is 22.8 Å². The summed E-state index contributed by atoms with van der Waals surface area (Å²) in [5.41, 5.74) is 0.743. The fourth-order valence-corrected chi connectivity index (χ4v) is 1.45. The van der Waals surface area contributed by atoms with Gasteiger partial charge in [0.1, 0.15) is 12.4 Å². The molecule has 0 amide bonds. The van der Waals surface area contributed by atoms with Crippen molar-refractivity contribution in [2.45, 2.75) is 33.8 Å². The van der Waals surface area contributed by atoms with E-state index in [1.165, 1.54) is 0 Å². The van der Waals surface area contributed by atoms with Gasteiger partial charge in [0.25, 0.3) is 0 Å². The lowest BCUT2D eigenvalue weighted by molar-refractivity contribution is -0.148. The minimum atomic E-state index is -0.957. The topological polar surface area (TPSA) is 66.8 Å². The lowest BCUT2D eigenvalue weighted by atomic mass is 9.95. The zero-order valence-electron chi connectivity index (χ0n) is 11.2. The predicted molar refractivity (Wildman–Crippen MR) is 68.7 cm³/mol. The molecule has 4 nitrogen and oxygen atoms in total. The van der Waals surface area contributed by atoms with Gasteiger partial charge in [0.2, 0.25) is 0 Å². The van der Waals surface area contributed by atoms with E-state index in [0.29, 0.717) is 11.3 Å². The van der Waals surface area contributed by atoms with Crippen molar-refractivity contribution in [2.24, 2.45) is 5.41 Å². The molecule has 2 N–H and O–H groups in total. The first-order valence-corrected chi connectivity index (χ1v) is 5.89. The van der Waals surface area contributed by atoms with Crippen LogP contribution in [-0.2, 0) is 4.79 Å². The average Bonchev–Trinajstić information content (AvgIpc) is 2.27. The van der Waals surface area contributed by atoms with Crippen LogP contribution in [0.5, 0.6) is 5.75 Å². The summed E-state index contributed by atoms with van der Waals surface area (Å²) in [5, 5.41) is 18.7. The minimum Gasteiger partial charge on any atom is -0.492 e. The second-order valence-electron chi connectivity index (χ2n) is 5.19. The third-order valence-corrected chi connectivity index (χ3v) is 2.78. The molecule has 0 radical (unpaired) electrons. The highest BCUT2D eigenvalue weighted by Gasteiger charge is 2.28. The Bertz CT molecular complexity index is 435. The molecule has 0 heterocycles. The molecule has 1 aromatic rings. The van der Waals surface area contributed by atoms with E-state index in [9.17, 15) is 9.90 Å². The number of hydrogen-bond acceptors (Lipinski definition) is 3. The molecule has 0 aliphatic carbocycles. The maximum atomic E-state index is 11.0. The van der Waals surface area contributed by atoms with Crippen LogP contribution < -0.4 is 4.74 Å². The van der Waals surface area contributed by atoms with Gasteiger partial charge in [0, 0.05) is 5.56 Å². The molecule has 0 unspecified atom stereocenters. The molecule has 4 heteroatoms. The number of ether oxygens (including phenoxy) is 1. The second kappa shape index (κ2) is 5.40. The van der Waals surface area contributed by atoms with E-state index in [4.69, 9.17) is 9.84 Å². The van der Waals surface area contributed by atoms with E-state index in [-0.39, 0.29) is 6.61 Å². The third-order valence-electron chi connectivity index (χ3n) is 2.78. The van der Waals surface area contributed by atoms with Crippen LogP contribution in [0.3, 0.4) is 0 Å². The van der Waals surface area contributed by atoms with Crippen molar-refractivity contribution in [1.82, 2.24) is 0 Å². The molecule has 0 spiro atoms. The van der Waals surface area contributed by atoms with Gasteiger partial charge in [-0.1, -0.05) is 11.6 Å². The lowest BCUT2D eigenvalue weighted by Crippen LogP contribution is -2.30. The van der Waals surface area contributed by atoms with E-state index in [1.54, 1.807) is 26.8 Å². The van der Waals surface area contributed by atoms with Gasteiger partial charge < -0.3 is 14.9 Å². The van der Waals surface area contributed by atoms with Crippen molar-refractivity contribution in [2.75, 3.05) is 6.61 Å². The molecule has 18 heavy (non-hydrogen) atoms. The summed E-state index contributed by atoms with van der Waals surface area (Å²) in [7, 11) is 0. The molecule has 0 saturated heterocycles. The summed E-state index contributed by atoms with van der Waals surface area (Å²) in [4.78, 5) is 11.0. The second-order valence-corrected chi connectivity index (χ2v) is 5.19. The number of carboxylic acids is 1. The summed E-state index contributed by atoms with van der Waals surface area (Å²) in [6.45, 7) is 6.85. The molecule has 0 bridgehead atoms. The van der Waals surface area contributed by atoms with Crippen molar-refractivity contribution < 1.29 is 19.7 Å². The summed E-state index contributed by atoms with van der Waals surface area (Å²) in [6.07, 6.45) is -0.646. The number of aryl methyl sites for hydroxylation is 1. The number of hydrogen-bond donors (Lipinski definition) is 2. The lowest BCUT2D eigenvalue weighted by Gasteiger charge is -2.21. The molecule has 0 aromatic heterocycles. The number of carbonyl (C=O) groups is 1. The number of aliphatic hydroxyl groups excluding tert-OH is 1. The number of rotatable bonds is 5. The number of carboxylic acid groups (broad SMARTS) is 1. The fraction of sp³-hybridized carbons (Fsp3) is 0.500. The van der Waals surface area contributed by atoms with E-state index >= 15 is 0 Å². The highest BCUT2D eigenvalue weighted by Crippen LogP contribution is 2.28. The van der Waals surface area contributed by atoms with Crippen molar-refractivity contribution >= 4 is 5.97 Å². The Morgan fingerprint density at radius 1 is 1.44 bits per heavy atom. The van der Waals surface area contributed by atoms with Gasteiger partial charge in [-0.2, -0.15) is 0 Å². The van der Waals surface area contributed by atoms with Crippen LogP contribution in [0.2, 0.25) is 0 Å². The van der Waals surface area contributed by atoms with Crippen LogP contribution in [0, 0.1) is 12.3 Å². The number of benzene rings is 1. The van der Waals surface area contributed by atoms with Gasteiger partial charge in [-0.3, -0.25) is 4.79 Å².